The Morgan fingerprint density at radius 3 is 2.92 bits per heavy atom. The van der Waals surface area contributed by atoms with Crippen LogP contribution in [0.1, 0.15) is 24.0 Å². The van der Waals surface area contributed by atoms with E-state index >= 15 is 0 Å². The molecule has 1 aromatic rings. The second-order valence-corrected chi connectivity index (χ2v) is 4.33. The van der Waals surface area contributed by atoms with E-state index in [1.54, 1.807) is 17.5 Å². The van der Waals surface area contributed by atoms with Crippen LogP contribution in [0.15, 0.2) is 11.6 Å². The molecule has 2 heterocycles. The van der Waals surface area contributed by atoms with Crippen molar-refractivity contribution in [2.75, 3.05) is 13.1 Å². The molecule has 3 nitrogen and oxygen atoms in total. The zero-order valence-corrected chi connectivity index (χ0v) is 8.26. The van der Waals surface area contributed by atoms with Crippen LogP contribution in [0, 0.1) is 5.92 Å². The van der Waals surface area contributed by atoms with Gasteiger partial charge < -0.3 is 10.4 Å². The molecule has 0 aliphatic carbocycles. The van der Waals surface area contributed by atoms with Gasteiger partial charge in [0.1, 0.15) is 11.1 Å². The van der Waals surface area contributed by atoms with E-state index in [9.17, 15) is 5.11 Å². The lowest BCUT2D eigenvalue weighted by atomic mass is 9.92. The van der Waals surface area contributed by atoms with Crippen LogP contribution < -0.4 is 5.32 Å². The second-order valence-electron chi connectivity index (χ2n) is 3.40. The number of nitrogens with one attached hydrogen (secondary N) is 1. The minimum Gasteiger partial charge on any atom is -0.386 e. The minimum absolute atomic E-state index is 0.345. The van der Waals surface area contributed by atoms with Gasteiger partial charge in [-0.2, -0.15) is 0 Å². The second kappa shape index (κ2) is 4.17. The van der Waals surface area contributed by atoms with Crippen molar-refractivity contribution in [1.82, 2.24) is 10.3 Å². The zero-order chi connectivity index (χ0) is 9.10. The van der Waals surface area contributed by atoms with Crippen LogP contribution in [0.25, 0.3) is 0 Å². The fraction of sp³-hybridized carbons (Fsp3) is 0.667. The molecule has 0 bridgehead atoms. The number of piperidine rings is 1. The Kier molecular flexibility index (Phi) is 2.93. The topological polar surface area (TPSA) is 45.2 Å². The number of aromatic nitrogens is 1. The van der Waals surface area contributed by atoms with E-state index in [0.29, 0.717) is 5.92 Å². The molecule has 1 aliphatic rings. The van der Waals surface area contributed by atoms with Crippen LogP contribution in [0.4, 0.5) is 0 Å². The van der Waals surface area contributed by atoms with Crippen LogP contribution in [0.3, 0.4) is 0 Å². The number of hydrogen-bond donors (Lipinski definition) is 2. The Morgan fingerprint density at radius 2 is 2.31 bits per heavy atom. The Labute approximate surface area is 81.8 Å². The molecule has 0 radical (unpaired) electrons. The van der Waals surface area contributed by atoms with Gasteiger partial charge in [-0.15, -0.1) is 11.3 Å². The van der Waals surface area contributed by atoms with Crippen molar-refractivity contribution in [2.45, 2.75) is 18.9 Å². The first-order valence-corrected chi connectivity index (χ1v) is 5.54. The van der Waals surface area contributed by atoms with Gasteiger partial charge >= 0.3 is 0 Å². The summed E-state index contributed by atoms with van der Waals surface area (Å²) in [7, 11) is 0. The third-order valence-electron chi connectivity index (χ3n) is 2.53. The number of thiazole rings is 1. The number of hydrogen-bond acceptors (Lipinski definition) is 4. The molecular weight excluding hydrogens is 184 g/mol. The van der Waals surface area contributed by atoms with Crippen LogP contribution in [0.5, 0.6) is 0 Å². The molecule has 72 valence electrons. The van der Waals surface area contributed by atoms with Crippen molar-refractivity contribution < 1.29 is 5.11 Å². The summed E-state index contributed by atoms with van der Waals surface area (Å²) in [5, 5.41) is 16.0. The Morgan fingerprint density at radius 1 is 1.54 bits per heavy atom. The predicted molar refractivity (Wildman–Crippen MR) is 52.7 cm³/mol. The summed E-state index contributed by atoms with van der Waals surface area (Å²) in [5.41, 5.74) is 0. The molecular formula is C9H14N2OS. The smallest absolute Gasteiger partial charge is 0.121 e. The number of rotatable bonds is 2. The summed E-state index contributed by atoms with van der Waals surface area (Å²) in [5.74, 6) is 0.396. The SMILES string of the molecule is OC(c1nccs1)C1CCNCC1. The highest BCUT2D eigenvalue weighted by Gasteiger charge is 2.24. The Hall–Kier alpha value is -0.450. The van der Waals surface area contributed by atoms with E-state index in [1.165, 1.54) is 0 Å². The molecule has 0 aromatic carbocycles. The molecule has 1 aromatic heterocycles. The lowest BCUT2D eigenvalue weighted by molar-refractivity contribution is 0.0887. The van der Waals surface area contributed by atoms with Crippen LogP contribution in [-0.4, -0.2) is 23.2 Å². The third-order valence-corrected chi connectivity index (χ3v) is 3.38. The maximum Gasteiger partial charge on any atom is 0.121 e. The maximum atomic E-state index is 9.95. The van der Waals surface area contributed by atoms with Crippen molar-refractivity contribution in [3.05, 3.63) is 16.6 Å². The van der Waals surface area contributed by atoms with Gasteiger partial charge in [0.2, 0.25) is 0 Å². The summed E-state index contributed by atoms with van der Waals surface area (Å²) in [6, 6.07) is 0. The first-order valence-electron chi connectivity index (χ1n) is 4.66. The number of aliphatic hydroxyl groups excluding tert-OH is 1. The summed E-state index contributed by atoms with van der Waals surface area (Å²) >= 11 is 1.54. The highest BCUT2D eigenvalue weighted by molar-refractivity contribution is 7.09. The largest absolute Gasteiger partial charge is 0.386 e. The summed E-state index contributed by atoms with van der Waals surface area (Å²) < 4.78 is 0. The van der Waals surface area contributed by atoms with E-state index < -0.39 is 0 Å². The lowest BCUT2D eigenvalue weighted by Gasteiger charge is -2.25. The van der Waals surface area contributed by atoms with Crippen LogP contribution in [-0.2, 0) is 0 Å². The first-order chi connectivity index (χ1) is 6.38. The van der Waals surface area contributed by atoms with Gasteiger partial charge in [-0.05, 0) is 31.8 Å². The monoisotopic (exact) mass is 198 g/mol. The molecule has 1 saturated heterocycles. The lowest BCUT2D eigenvalue weighted by Crippen LogP contribution is -2.30. The van der Waals surface area contributed by atoms with Crippen LogP contribution >= 0.6 is 11.3 Å². The number of nitrogens with zero attached hydrogens (tertiary/aromatic N) is 1. The standard InChI is InChI=1S/C9H14N2OS/c12-8(9-11-5-6-13-9)7-1-3-10-4-2-7/h5-8,10,12H,1-4H2. The molecule has 0 saturated carbocycles. The predicted octanol–water partition coefficient (Wildman–Crippen LogP) is 1.18. The fourth-order valence-electron chi connectivity index (χ4n) is 1.74. The highest BCUT2D eigenvalue weighted by atomic mass is 32.1. The average Bonchev–Trinajstić information content (AvgIpc) is 2.71. The van der Waals surface area contributed by atoms with E-state index in [-0.39, 0.29) is 6.10 Å². The Bertz CT molecular complexity index is 244. The quantitative estimate of drug-likeness (QED) is 0.750. The molecule has 2 N–H and O–H groups in total. The molecule has 0 spiro atoms. The van der Waals surface area contributed by atoms with E-state index in [0.717, 1.165) is 30.9 Å². The molecule has 2 rings (SSSR count). The van der Waals surface area contributed by atoms with E-state index in [1.807, 2.05) is 5.38 Å². The maximum absolute atomic E-state index is 9.95. The fourth-order valence-corrected chi connectivity index (χ4v) is 2.46. The minimum atomic E-state index is -0.345. The van der Waals surface area contributed by atoms with Crippen molar-refractivity contribution in [1.29, 1.82) is 0 Å². The van der Waals surface area contributed by atoms with Crippen molar-refractivity contribution in [3.63, 3.8) is 0 Å². The van der Waals surface area contributed by atoms with Gasteiger partial charge in [-0.1, -0.05) is 0 Å². The molecule has 1 aliphatic heterocycles. The van der Waals surface area contributed by atoms with Gasteiger partial charge in [0, 0.05) is 11.6 Å². The molecule has 13 heavy (non-hydrogen) atoms. The summed E-state index contributed by atoms with van der Waals surface area (Å²) in [6.45, 7) is 2.04. The van der Waals surface area contributed by atoms with E-state index in [2.05, 4.69) is 10.3 Å². The van der Waals surface area contributed by atoms with Crippen LogP contribution in [0.2, 0.25) is 0 Å². The summed E-state index contributed by atoms with van der Waals surface area (Å²) in [6.07, 6.45) is 3.52. The van der Waals surface area contributed by atoms with Gasteiger partial charge in [-0.25, -0.2) is 4.98 Å². The molecule has 1 unspecified atom stereocenters. The molecule has 4 heteroatoms. The molecule has 1 fully saturated rings. The van der Waals surface area contributed by atoms with Gasteiger partial charge in [0.15, 0.2) is 0 Å². The van der Waals surface area contributed by atoms with Gasteiger partial charge in [0.05, 0.1) is 0 Å². The van der Waals surface area contributed by atoms with Gasteiger partial charge in [0.25, 0.3) is 0 Å². The van der Waals surface area contributed by atoms with E-state index in [4.69, 9.17) is 0 Å². The normalized spacial score (nSPS) is 21.6. The zero-order valence-electron chi connectivity index (χ0n) is 7.44. The first kappa shape index (κ1) is 9.12. The van der Waals surface area contributed by atoms with Gasteiger partial charge in [-0.3, -0.25) is 0 Å². The van der Waals surface area contributed by atoms with Crippen molar-refractivity contribution in [3.8, 4) is 0 Å². The third kappa shape index (κ3) is 2.07. The van der Waals surface area contributed by atoms with Crippen molar-refractivity contribution >= 4 is 11.3 Å². The number of aliphatic hydroxyl groups is 1. The molecule has 1 atom stereocenters. The summed E-state index contributed by atoms with van der Waals surface area (Å²) in [4.78, 5) is 4.14. The average molecular weight is 198 g/mol. The van der Waals surface area contributed by atoms with Crippen molar-refractivity contribution in [2.24, 2.45) is 5.92 Å². The molecule has 0 amide bonds. The highest BCUT2D eigenvalue weighted by Crippen LogP contribution is 2.29. The Balaban J connectivity index is 1.99.